The van der Waals surface area contributed by atoms with E-state index < -0.39 is 10.0 Å². The molecule has 5 nitrogen and oxygen atoms in total. The van der Waals surface area contributed by atoms with E-state index in [1.54, 1.807) is 23.4 Å². The van der Waals surface area contributed by atoms with Crippen LogP contribution in [0, 0.1) is 18.3 Å². The van der Waals surface area contributed by atoms with Crippen LogP contribution in [0.25, 0.3) is 0 Å². The van der Waals surface area contributed by atoms with E-state index in [1.807, 2.05) is 0 Å². The number of nitrogens with two attached hydrogens (primary N) is 1. The second-order valence-electron chi connectivity index (χ2n) is 5.43. The van der Waals surface area contributed by atoms with Gasteiger partial charge in [0.1, 0.15) is 0 Å². The molecule has 1 saturated heterocycles. The van der Waals surface area contributed by atoms with Crippen molar-refractivity contribution in [3.63, 3.8) is 0 Å². The second kappa shape index (κ2) is 7.93. The van der Waals surface area contributed by atoms with Crippen LogP contribution in [-0.2, 0) is 10.0 Å². The minimum Gasteiger partial charge on any atom is -0.330 e. The van der Waals surface area contributed by atoms with Gasteiger partial charge < -0.3 is 5.73 Å². The molecule has 22 heavy (non-hydrogen) atoms. The number of piperidine rings is 1. The number of nitrogens with zero attached hydrogens (tertiary/aromatic N) is 2. The molecule has 0 bridgehead atoms. The molecule has 1 fully saturated rings. The Bertz CT molecular complexity index is 653. The lowest BCUT2D eigenvalue weighted by Gasteiger charge is -2.34. The molecule has 0 aromatic heterocycles. The largest absolute Gasteiger partial charge is 0.330 e. The Morgan fingerprint density at radius 2 is 2.14 bits per heavy atom. The quantitative estimate of drug-likeness (QED) is 0.907. The van der Waals surface area contributed by atoms with Crippen LogP contribution in [0.5, 0.6) is 0 Å². The van der Waals surface area contributed by atoms with Crippen LogP contribution in [0.15, 0.2) is 23.1 Å². The van der Waals surface area contributed by atoms with Gasteiger partial charge in [-0.25, -0.2) is 8.42 Å². The van der Waals surface area contributed by atoms with Gasteiger partial charge in [-0.05, 0) is 56.5 Å². The highest BCUT2D eigenvalue weighted by Crippen LogP contribution is 2.27. The monoisotopic (exact) mass is 343 g/mol. The third-order valence-electron chi connectivity index (χ3n) is 4.00. The average molecular weight is 344 g/mol. The zero-order chi connectivity index (χ0) is 15.5. The van der Waals surface area contributed by atoms with Crippen molar-refractivity contribution in [1.29, 1.82) is 5.26 Å². The van der Waals surface area contributed by atoms with E-state index in [0.717, 1.165) is 19.3 Å². The molecule has 1 atom stereocenters. The molecule has 122 valence electrons. The van der Waals surface area contributed by atoms with Crippen LogP contribution in [-0.4, -0.2) is 31.9 Å². The summed E-state index contributed by atoms with van der Waals surface area (Å²) < 4.78 is 27.2. The maximum atomic E-state index is 12.8. The van der Waals surface area contributed by atoms with Gasteiger partial charge in [0, 0.05) is 12.6 Å². The smallest absolute Gasteiger partial charge is 0.243 e. The minimum absolute atomic E-state index is 0. The normalized spacial score (nSPS) is 19.2. The number of hydrogen-bond acceptors (Lipinski definition) is 4. The summed E-state index contributed by atoms with van der Waals surface area (Å²) in [6.45, 7) is 2.79. The Morgan fingerprint density at radius 1 is 1.41 bits per heavy atom. The van der Waals surface area contributed by atoms with Gasteiger partial charge in [0.2, 0.25) is 10.0 Å². The first kappa shape index (κ1) is 18.9. The van der Waals surface area contributed by atoms with E-state index in [0.29, 0.717) is 30.6 Å². The van der Waals surface area contributed by atoms with Crippen LogP contribution in [0.4, 0.5) is 0 Å². The predicted molar refractivity (Wildman–Crippen MR) is 88.3 cm³/mol. The summed E-state index contributed by atoms with van der Waals surface area (Å²) in [6, 6.07) is 6.73. The van der Waals surface area contributed by atoms with Gasteiger partial charge in [0.05, 0.1) is 16.5 Å². The summed E-state index contributed by atoms with van der Waals surface area (Å²) in [5.41, 5.74) is 6.80. The number of rotatable bonds is 4. The summed E-state index contributed by atoms with van der Waals surface area (Å²) in [5.74, 6) is 0. The van der Waals surface area contributed by atoms with Crippen molar-refractivity contribution in [3.8, 4) is 6.07 Å². The van der Waals surface area contributed by atoms with E-state index in [9.17, 15) is 8.42 Å². The number of hydrogen-bond donors (Lipinski definition) is 1. The molecular weight excluding hydrogens is 322 g/mol. The standard InChI is InChI=1S/C15H21N3O2S.ClH/c1-12-10-15(6-5-13(12)11-17)21(19,20)18-9-3-2-4-14(18)7-8-16;/h5-6,10,14H,2-4,7-9,16H2,1H3;1H. The van der Waals surface area contributed by atoms with Crippen molar-refractivity contribution in [3.05, 3.63) is 29.3 Å². The number of sulfonamides is 1. The third-order valence-corrected chi connectivity index (χ3v) is 5.95. The molecule has 1 aromatic carbocycles. The molecule has 2 N–H and O–H groups in total. The molecule has 0 amide bonds. The molecule has 0 saturated carbocycles. The van der Waals surface area contributed by atoms with Crippen molar-refractivity contribution in [2.45, 2.75) is 43.5 Å². The van der Waals surface area contributed by atoms with E-state index in [4.69, 9.17) is 11.0 Å². The highest BCUT2D eigenvalue weighted by atomic mass is 35.5. The summed E-state index contributed by atoms with van der Waals surface area (Å²) in [6.07, 6.45) is 3.48. The van der Waals surface area contributed by atoms with Crippen molar-refractivity contribution in [1.82, 2.24) is 4.31 Å². The molecule has 0 spiro atoms. The Morgan fingerprint density at radius 3 is 2.73 bits per heavy atom. The second-order valence-corrected chi connectivity index (χ2v) is 7.32. The summed E-state index contributed by atoms with van der Waals surface area (Å²) >= 11 is 0. The first-order valence-corrected chi connectivity index (χ1v) is 8.67. The van der Waals surface area contributed by atoms with Crippen molar-refractivity contribution >= 4 is 22.4 Å². The van der Waals surface area contributed by atoms with Crippen LogP contribution < -0.4 is 5.73 Å². The summed E-state index contributed by atoms with van der Waals surface area (Å²) in [7, 11) is -3.51. The molecule has 1 unspecified atom stereocenters. The highest BCUT2D eigenvalue weighted by Gasteiger charge is 2.33. The van der Waals surface area contributed by atoms with Gasteiger partial charge >= 0.3 is 0 Å². The Balaban J connectivity index is 0.00000242. The van der Waals surface area contributed by atoms with Gasteiger partial charge in [-0.15, -0.1) is 12.4 Å². The Hall–Kier alpha value is -1.13. The van der Waals surface area contributed by atoms with E-state index >= 15 is 0 Å². The molecule has 2 rings (SSSR count). The summed E-state index contributed by atoms with van der Waals surface area (Å²) in [5, 5.41) is 8.95. The van der Waals surface area contributed by atoms with Gasteiger partial charge in [-0.2, -0.15) is 9.57 Å². The van der Waals surface area contributed by atoms with Crippen molar-refractivity contribution in [2.75, 3.05) is 13.1 Å². The van der Waals surface area contributed by atoms with Crippen molar-refractivity contribution in [2.24, 2.45) is 5.73 Å². The topological polar surface area (TPSA) is 87.2 Å². The third kappa shape index (κ3) is 3.79. The fourth-order valence-corrected chi connectivity index (χ4v) is 4.64. The van der Waals surface area contributed by atoms with E-state index in [1.165, 1.54) is 6.07 Å². The zero-order valence-electron chi connectivity index (χ0n) is 12.7. The molecule has 1 aliphatic heterocycles. The first-order valence-electron chi connectivity index (χ1n) is 7.23. The van der Waals surface area contributed by atoms with Gasteiger partial charge in [0.25, 0.3) is 0 Å². The van der Waals surface area contributed by atoms with Gasteiger partial charge in [-0.1, -0.05) is 6.42 Å². The van der Waals surface area contributed by atoms with Crippen molar-refractivity contribution < 1.29 is 8.42 Å². The van der Waals surface area contributed by atoms with Crippen LogP contribution in [0.2, 0.25) is 0 Å². The lowest BCUT2D eigenvalue weighted by molar-refractivity contribution is 0.243. The Kier molecular flexibility index (Phi) is 6.82. The predicted octanol–water partition coefficient (Wildman–Crippen LogP) is 2.18. The molecule has 0 radical (unpaired) electrons. The van der Waals surface area contributed by atoms with Gasteiger partial charge in [-0.3, -0.25) is 0 Å². The molecular formula is C15H22ClN3O2S. The number of aryl methyl sites for hydroxylation is 1. The summed E-state index contributed by atoms with van der Waals surface area (Å²) in [4.78, 5) is 0.267. The van der Waals surface area contributed by atoms with E-state index in [-0.39, 0.29) is 23.3 Å². The lowest BCUT2D eigenvalue weighted by Crippen LogP contribution is -2.44. The fourth-order valence-electron chi connectivity index (χ4n) is 2.83. The molecule has 0 aliphatic carbocycles. The SMILES string of the molecule is Cc1cc(S(=O)(=O)N2CCCCC2CCN)ccc1C#N.Cl. The molecule has 1 heterocycles. The average Bonchev–Trinajstić information content (AvgIpc) is 2.48. The zero-order valence-corrected chi connectivity index (χ0v) is 14.3. The minimum atomic E-state index is -3.51. The maximum absolute atomic E-state index is 12.8. The Labute approximate surface area is 138 Å². The fraction of sp³-hybridized carbons (Fsp3) is 0.533. The first-order chi connectivity index (χ1) is 10.0. The molecule has 7 heteroatoms. The molecule has 1 aliphatic rings. The van der Waals surface area contributed by atoms with Gasteiger partial charge in [0.15, 0.2) is 0 Å². The molecule has 1 aromatic rings. The number of benzene rings is 1. The maximum Gasteiger partial charge on any atom is 0.243 e. The van der Waals surface area contributed by atoms with Crippen LogP contribution in [0.1, 0.15) is 36.8 Å². The highest BCUT2D eigenvalue weighted by molar-refractivity contribution is 7.89. The van der Waals surface area contributed by atoms with E-state index in [2.05, 4.69) is 6.07 Å². The number of halogens is 1. The van der Waals surface area contributed by atoms with Crippen LogP contribution in [0.3, 0.4) is 0 Å². The number of nitriles is 1. The van der Waals surface area contributed by atoms with Crippen LogP contribution >= 0.6 is 12.4 Å². The lowest BCUT2D eigenvalue weighted by atomic mass is 10.0.